The van der Waals surface area contributed by atoms with E-state index in [1.807, 2.05) is 37.3 Å². The Morgan fingerprint density at radius 2 is 1.83 bits per heavy atom. The summed E-state index contributed by atoms with van der Waals surface area (Å²) < 4.78 is 0. The highest BCUT2D eigenvalue weighted by Gasteiger charge is 2.34. The van der Waals surface area contributed by atoms with Gasteiger partial charge in [0, 0.05) is 45.4 Å². The predicted octanol–water partition coefficient (Wildman–Crippen LogP) is 2.36. The first-order chi connectivity index (χ1) is 11.6. The minimum atomic E-state index is -0.0186. The zero-order chi connectivity index (χ0) is 17.0. The number of rotatable bonds is 5. The molecule has 1 saturated heterocycles. The zero-order valence-corrected chi connectivity index (χ0v) is 14.5. The molecule has 3 rings (SSSR count). The van der Waals surface area contributed by atoms with Crippen LogP contribution in [0.3, 0.4) is 0 Å². The quantitative estimate of drug-likeness (QED) is 0.914. The number of hydrogen-bond donors (Lipinski definition) is 1. The smallest absolute Gasteiger partial charge is 0.226 e. The van der Waals surface area contributed by atoms with Gasteiger partial charge in [-0.05, 0) is 30.9 Å². The fourth-order valence-corrected chi connectivity index (χ4v) is 3.36. The molecule has 0 bridgehead atoms. The van der Waals surface area contributed by atoms with Crippen LogP contribution in [0.15, 0.2) is 42.6 Å². The summed E-state index contributed by atoms with van der Waals surface area (Å²) in [5, 5.41) is 10.0. The predicted molar refractivity (Wildman–Crippen MR) is 97.5 cm³/mol. The second kappa shape index (κ2) is 7.18. The average molecular weight is 326 g/mol. The van der Waals surface area contributed by atoms with Crippen LogP contribution < -0.4 is 9.80 Å². The van der Waals surface area contributed by atoms with Gasteiger partial charge in [-0.2, -0.15) is 4.98 Å². The van der Waals surface area contributed by atoms with E-state index in [1.165, 1.54) is 5.56 Å². The van der Waals surface area contributed by atoms with Crippen LogP contribution in [0, 0.1) is 5.41 Å². The molecule has 1 fully saturated rings. The lowest BCUT2D eigenvalue weighted by atomic mass is 9.74. The Morgan fingerprint density at radius 1 is 1.12 bits per heavy atom. The van der Waals surface area contributed by atoms with Crippen molar-refractivity contribution in [2.45, 2.75) is 19.3 Å². The maximum atomic E-state index is 10.0. The summed E-state index contributed by atoms with van der Waals surface area (Å²) in [7, 11) is 3.90. The van der Waals surface area contributed by atoms with Crippen molar-refractivity contribution in [3.63, 3.8) is 0 Å². The fourth-order valence-electron chi connectivity index (χ4n) is 3.36. The molecule has 2 aromatic rings. The first-order valence-electron chi connectivity index (χ1n) is 8.52. The van der Waals surface area contributed by atoms with E-state index in [0.29, 0.717) is 0 Å². The molecule has 24 heavy (non-hydrogen) atoms. The van der Waals surface area contributed by atoms with Crippen LogP contribution in [0.4, 0.5) is 11.8 Å². The maximum absolute atomic E-state index is 10.0. The van der Waals surface area contributed by atoms with Gasteiger partial charge in [-0.25, -0.2) is 4.98 Å². The van der Waals surface area contributed by atoms with E-state index in [0.717, 1.165) is 44.1 Å². The number of aliphatic hydroxyl groups is 1. The summed E-state index contributed by atoms with van der Waals surface area (Å²) >= 11 is 0. The summed E-state index contributed by atoms with van der Waals surface area (Å²) in [6.45, 7) is 2.07. The van der Waals surface area contributed by atoms with Gasteiger partial charge in [-0.1, -0.05) is 30.3 Å². The molecule has 5 heteroatoms. The Balaban J connectivity index is 1.69. The van der Waals surface area contributed by atoms with Gasteiger partial charge in [0.1, 0.15) is 5.82 Å². The second-order valence-corrected chi connectivity index (χ2v) is 6.92. The van der Waals surface area contributed by atoms with E-state index in [1.54, 1.807) is 0 Å². The Bertz CT molecular complexity index is 651. The fraction of sp³-hybridized carbons (Fsp3) is 0.474. The summed E-state index contributed by atoms with van der Waals surface area (Å²) in [5.74, 6) is 1.70. The molecule has 1 aliphatic heterocycles. The van der Waals surface area contributed by atoms with E-state index >= 15 is 0 Å². The normalized spacial score (nSPS) is 16.9. The van der Waals surface area contributed by atoms with Gasteiger partial charge >= 0.3 is 0 Å². The first kappa shape index (κ1) is 16.7. The van der Waals surface area contributed by atoms with Gasteiger partial charge in [-0.3, -0.25) is 0 Å². The molecule has 1 aliphatic rings. The van der Waals surface area contributed by atoms with Crippen LogP contribution in [-0.2, 0) is 6.42 Å². The Labute approximate surface area is 144 Å². The van der Waals surface area contributed by atoms with Gasteiger partial charge in [-0.15, -0.1) is 0 Å². The summed E-state index contributed by atoms with van der Waals surface area (Å²) in [4.78, 5) is 13.1. The molecule has 0 radical (unpaired) electrons. The Morgan fingerprint density at radius 3 is 2.46 bits per heavy atom. The molecule has 1 aromatic carbocycles. The highest BCUT2D eigenvalue weighted by molar-refractivity contribution is 5.43. The molecule has 1 aromatic heterocycles. The Kier molecular flexibility index (Phi) is 5.00. The lowest BCUT2D eigenvalue weighted by Crippen LogP contribution is -2.43. The van der Waals surface area contributed by atoms with E-state index in [4.69, 9.17) is 0 Å². The number of aliphatic hydroxyl groups excluding tert-OH is 1. The van der Waals surface area contributed by atoms with Gasteiger partial charge < -0.3 is 14.9 Å². The highest BCUT2D eigenvalue weighted by atomic mass is 16.3. The van der Waals surface area contributed by atoms with Crippen molar-refractivity contribution >= 4 is 11.8 Å². The number of piperidine rings is 1. The molecule has 128 valence electrons. The summed E-state index contributed by atoms with van der Waals surface area (Å²) in [6.07, 6.45) is 4.69. The third kappa shape index (κ3) is 3.67. The molecular formula is C19H26N4O. The van der Waals surface area contributed by atoms with E-state index in [-0.39, 0.29) is 12.0 Å². The van der Waals surface area contributed by atoms with E-state index < -0.39 is 0 Å². The molecule has 0 aliphatic carbocycles. The third-order valence-electron chi connectivity index (χ3n) is 4.93. The lowest BCUT2D eigenvalue weighted by Gasteiger charge is -2.41. The van der Waals surface area contributed by atoms with Crippen LogP contribution in [0.1, 0.15) is 18.4 Å². The monoisotopic (exact) mass is 326 g/mol. The van der Waals surface area contributed by atoms with Crippen molar-refractivity contribution in [3.05, 3.63) is 48.2 Å². The minimum absolute atomic E-state index is 0.0186. The van der Waals surface area contributed by atoms with Crippen LogP contribution in [0.5, 0.6) is 0 Å². The molecular weight excluding hydrogens is 300 g/mol. The van der Waals surface area contributed by atoms with Crippen molar-refractivity contribution in [2.75, 3.05) is 43.6 Å². The molecule has 0 saturated carbocycles. The van der Waals surface area contributed by atoms with Gasteiger partial charge in [0.25, 0.3) is 0 Å². The largest absolute Gasteiger partial charge is 0.396 e. The highest BCUT2D eigenvalue weighted by Crippen LogP contribution is 2.36. The molecule has 1 N–H and O–H groups in total. The molecule has 0 spiro atoms. The molecule has 0 amide bonds. The number of nitrogens with zero attached hydrogens (tertiary/aromatic N) is 4. The van der Waals surface area contributed by atoms with E-state index in [9.17, 15) is 5.11 Å². The van der Waals surface area contributed by atoms with Crippen molar-refractivity contribution in [3.8, 4) is 0 Å². The lowest BCUT2D eigenvalue weighted by molar-refractivity contribution is 0.0961. The second-order valence-electron chi connectivity index (χ2n) is 6.92. The van der Waals surface area contributed by atoms with Crippen molar-refractivity contribution in [1.29, 1.82) is 0 Å². The number of anilines is 2. The van der Waals surface area contributed by atoms with Crippen LogP contribution >= 0.6 is 0 Å². The van der Waals surface area contributed by atoms with Crippen molar-refractivity contribution in [2.24, 2.45) is 5.41 Å². The number of aromatic nitrogens is 2. The first-order valence-corrected chi connectivity index (χ1v) is 8.52. The van der Waals surface area contributed by atoms with Gasteiger partial charge in [0.15, 0.2) is 0 Å². The standard InChI is InChI=1S/C19H26N4O/c1-22(2)18-20-11-8-17(21-18)23-12-9-19(15-24,10-13-23)14-16-6-4-3-5-7-16/h3-8,11,24H,9-10,12-15H2,1-2H3. The molecule has 0 atom stereocenters. The average Bonchev–Trinajstić information content (AvgIpc) is 2.63. The van der Waals surface area contributed by atoms with Gasteiger partial charge in [0.2, 0.25) is 5.95 Å². The number of benzene rings is 1. The third-order valence-corrected chi connectivity index (χ3v) is 4.93. The molecule has 2 heterocycles. The maximum Gasteiger partial charge on any atom is 0.226 e. The SMILES string of the molecule is CN(C)c1nccc(N2CCC(CO)(Cc3ccccc3)CC2)n1. The van der Waals surface area contributed by atoms with Crippen LogP contribution in [0.2, 0.25) is 0 Å². The van der Waals surface area contributed by atoms with E-state index in [2.05, 4.69) is 39.1 Å². The molecule has 0 unspecified atom stereocenters. The van der Waals surface area contributed by atoms with Crippen molar-refractivity contribution in [1.82, 2.24) is 9.97 Å². The summed E-state index contributed by atoms with van der Waals surface area (Å²) in [5.41, 5.74) is 1.28. The topological polar surface area (TPSA) is 52.5 Å². The number of hydrogen-bond acceptors (Lipinski definition) is 5. The minimum Gasteiger partial charge on any atom is -0.396 e. The van der Waals surface area contributed by atoms with Crippen LogP contribution in [-0.4, -0.2) is 48.9 Å². The van der Waals surface area contributed by atoms with Crippen molar-refractivity contribution < 1.29 is 5.11 Å². The Hall–Kier alpha value is -2.14. The summed E-state index contributed by atoms with van der Waals surface area (Å²) in [6, 6.07) is 12.4. The van der Waals surface area contributed by atoms with Crippen LogP contribution in [0.25, 0.3) is 0 Å². The molecule has 5 nitrogen and oxygen atoms in total. The van der Waals surface area contributed by atoms with Gasteiger partial charge in [0.05, 0.1) is 0 Å². The zero-order valence-electron chi connectivity index (χ0n) is 14.5.